The highest BCUT2D eigenvalue weighted by atomic mass is 32.1. The summed E-state index contributed by atoms with van der Waals surface area (Å²) in [6.07, 6.45) is 1.62. The van der Waals surface area contributed by atoms with E-state index < -0.39 is 17.5 Å². The largest absolute Gasteiger partial charge is 0.486 e. The van der Waals surface area contributed by atoms with Crippen LogP contribution in [0.15, 0.2) is 77.2 Å². The van der Waals surface area contributed by atoms with Crippen LogP contribution in [0.2, 0.25) is 0 Å². The third kappa shape index (κ3) is 5.10. The summed E-state index contributed by atoms with van der Waals surface area (Å²) in [4.78, 5) is 4.49. The number of aromatic nitrogens is 1. The fourth-order valence-corrected chi connectivity index (χ4v) is 3.44. The summed E-state index contributed by atoms with van der Waals surface area (Å²) in [6, 6.07) is 18.9. The first-order valence-corrected chi connectivity index (χ1v) is 10.1. The lowest BCUT2D eigenvalue weighted by Gasteiger charge is -2.08. The maximum absolute atomic E-state index is 13.7. The average Bonchev–Trinajstić information content (AvgIpc) is 3.27. The van der Waals surface area contributed by atoms with Crippen molar-refractivity contribution in [2.24, 2.45) is 5.10 Å². The van der Waals surface area contributed by atoms with Crippen LogP contribution in [0.5, 0.6) is 5.75 Å². The van der Waals surface area contributed by atoms with Gasteiger partial charge in [0.1, 0.15) is 6.61 Å². The normalized spacial score (nSPS) is 11.1. The first-order chi connectivity index (χ1) is 15.1. The molecule has 4 aromatic rings. The number of hydrazone groups is 1. The van der Waals surface area contributed by atoms with Crippen LogP contribution in [0.25, 0.3) is 11.3 Å². The van der Waals surface area contributed by atoms with Crippen molar-refractivity contribution in [1.29, 1.82) is 0 Å². The summed E-state index contributed by atoms with van der Waals surface area (Å²) >= 11 is 1.44. The molecule has 0 saturated heterocycles. The number of rotatable bonds is 7. The van der Waals surface area contributed by atoms with Crippen molar-refractivity contribution < 1.29 is 17.9 Å². The topological polar surface area (TPSA) is 46.5 Å². The van der Waals surface area contributed by atoms with Crippen molar-refractivity contribution in [2.75, 3.05) is 5.43 Å². The van der Waals surface area contributed by atoms with E-state index in [2.05, 4.69) is 15.5 Å². The SMILES string of the molecule is Fc1ccc(OCc2cccc(C=NNc3nc(-c4ccccc4)cs3)c2)c(F)c1F. The van der Waals surface area contributed by atoms with Gasteiger partial charge >= 0.3 is 0 Å². The molecule has 0 aliphatic rings. The Morgan fingerprint density at radius 2 is 1.81 bits per heavy atom. The lowest BCUT2D eigenvalue weighted by molar-refractivity contribution is 0.281. The number of thiazole rings is 1. The van der Waals surface area contributed by atoms with Gasteiger partial charge in [-0.05, 0) is 29.3 Å². The molecule has 4 nitrogen and oxygen atoms in total. The standard InChI is InChI=1S/C23H16F3N3OS/c24-18-9-10-20(22(26)21(18)25)30-13-16-6-4-5-15(11-16)12-27-29-23-28-19(14-31-23)17-7-2-1-3-8-17/h1-12,14H,13H2,(H,28,29). The van der Waals surface area contributed by atoms with Crippen LogP contribution in [0, 0.1) is 17.5 Å². The maximum atomic E-state index is 13.7. The minimum atomic E-state index is -1.55. The first-order valence-electron chi connectivity index (χ1n) is 9.25. The number of hydrogen-bond donors (Lipinski definition) is 1. The molecule has 3 aromatic carbocycles. The maximum Gasteiger partial charge on any atom is 0.203 e. The Hall–Kier alpha value is -3.65. The molecule has 0 unspecified atom stereocenters. The molecule has 0 aliphatic carbocycles. The zero-order valence-electron chi connectivity index (χ0n) is 16.1. The van der Waals surface area contributed by atoms with Gasteiger partial charge in [0.25, 0.3) is 0 Å². The molecule has 1 N–H and O–H groups in total. The van der Waals surface area contributed by atoms with Crippen LogP contribution in [-0.2, 0) is 6.61 Å². The Bertz CT molecular complexity index is 1210. The molecule has 0 spiro atoms. The lowest BCUT2D eigenvalue weighted by atomic mass is 10.1. The van der Waals surface area contributed by atoms with E-state index in [1.54, 1.807) is 24.4 Å². The van der Waals surface area contributed by atoms with E-state index in [4.69, 9.17) is 4.74 Å². The van der Waals surface area contributed by atoms with Gasteiger partial charge in [-0.1, -0.05) is 48.5 Å². The summed E-state index contributed by atoms with van der Waals surface area (Å²) in [5.74, 6) is -4.51. The van der Waals surface area contributed by atoms with E-state index in [-0.39, 0.29) is 12.4 Å². The molecule has 4 rings (SSSR count). The average molecular weight is 439 g/mol. The van der Waals surface area contributed by atoms with Gasteiger partial charge in [-0.2, -0.15) is 9.49 Å². The van der Waals surface area contributed by atoms with E-state index in [0.29, 0.717) is 10.7 Å². The molecule has 156 valence electrons. The quantitative estimate of drug-likeness (QED) is 0.210. The minimum Gasteiger partial charge on any atom is -0.486 e. The number of anilines is 1. The second-order valence-electron chi connectivity index (χ2n) is 6.48. The molecule has 0 atom stereocenters. The fourth-order valence-electron chi connectivity index (χ4n) is 2.77. The van der Waals surface area contributed by atoms with Gasteiger partial charge in [-0.25, -0.2) is 13.8 Å². The Morgan fingerprint density at radius 1 is 0.968 bits per heavy atom. The second-order valence-corrected chi connectivity index (χ2v) is 7.34. The summed E-state index contributed by atoms with van der Waals surface area (Å²) in [5.41, 5.74) is 6.29. The van der Waals surface area contributed by atoms with E-state index in [9.17, 15) is 13.2 Å². The van der Waals surface area contributed by atoms with E-state index >= 15 is 0 Å². The number of halogens is 3. The molecule has 0 amide bonds. The van der Waals surface area contributed by atoms with E-state index in [1.807, 2.05) is 41.8 Å². The van der Waals surface area contributed by atoms with Gasteiger partial charge in [0, 0.05) is 10.9 Å². The highest BCUT2D eigenvalue weighted by molar-refractivity contribution is 7.14. The van der Waals surface area contributed by atoms with Gasteiger partial charge < -0.3 is 4.74 Å². The van der Waals surface area contributed by atoms with Crippen molar-refractivity contribution in [2.45, 2.75) is 6.61 Å². The molecular formula is C23H16F3N3OS. The Kier molecular flexibility index (Phi) is 6.28. The molecule has 0 aliphatic heterocycles. The minimum absolute atomic E-state index is 0.00990. The summed E-state index contributed by atoms with van der Waals surface area (Å²) in [6.45, 7) is -0.00990. The Labute approximate surface area is 180 Å². The Morgan fingerprint density at radius 3 is 2.65 bits per heavy atom. The summed E-state index contributed by atoms with van der Waals surface area (Å²) < 4.78 is 45.3. The first kappa shape index (κ1) is 20.6. The van der Waals surface area contributed by atoms with Crippen LogP contribution in [0.1, 0.15) is 11.1 Å². The predicted molar refractivity (Wildman–Crippen MR) is 116 cm³/mol. The van der Waals surface area contributed by atoms with Crippen molar-refractivity contribution in [3.8, 4) is 17.0 Å². The third-order valence-electron chi connectivity index (χ3n) is 4.29. The van der Waals surface area contributed by atoms with E-state index in [1.165, 1.54) is 11.3 Å². The molecule has 0 radical (unpaired) electrons. The van der Waals surface area contributed by atoms with Gasteiger partial charge in [-0.3, -0.25) is 5.43 Å². The summed E-state index contributed by atoms with van der Waals surface area (Å²) in [5, 5.41) is 6.80. The van der Waals surface area contributed by atoms with Crippen LogP contribution in [0.4, 0.5) is 18.3 Å². The predicted octanol–water partition coefficient (Wildman–Crippen LogP) is 6.25. The molecule has 1 aromatic heterocycles. The van der Waals surface area contributed by atoms with Gasteiger partial charge in [0.2, 0.25) is 10.9 Å². The van der Waals surface area contributed by atoms with Crippen LogP contribution < -0.4 is 10.2 Å². The number of ether oxygens (including phenoxy) is 1. The van der Waals surface area contributed by atoms with Crippen molar-refractivity contribution >= 4 is 22.7 Å². The van der Waals surface area contributed by atoms with Crippen LogP contribution >= 0.6 is 11.3 Å². The van der Waals surface area contributed by atoms with Crippen LogP contribution in [-0.4, -0.2) is 11.2 Å². The van der Waals surface area contributed by atoms with Crippen molar-refractivity contribution in [3.05, 3.63) is 101 Å². The highest BCUT2D eigenvalue weighted by Crippen LogP contribution is 2.25. The highest BCUT2D eigenvalue weighted by Gasteiger charge is 2.14. The zero-order chi connectivity index (χ0) is 21.6. The zero-order valence-corrected chi connectivity index (χ0v) is 16.9. The number of nitrogens with zero attached hydrogens (tertiary/aromatic N) is 2. The Balaban J connectivity index is 1.37. The molecule has 0 fully saturated rings. The number of nitrogens with one attached hydrogen (secondary N) is 1. The smallest absolute Gasteiger partial charge is 0.203 e. The second kappa shape index (κ2) is 9.44. The molecule has 0 bridgehead atoms. The van der Waals surface area contributed by atoms with Crippen molar-refractivity contribution in [3.63, 3.8) is 0 Å². The number of hydrogen-bond acceptors (Lipinski definition) is 5. The van der Waals surface area contributed by atoms with Gasteiger partial charge in [-0.15, -0.1) is 11.3 Å². The number of benzene rings is 3. The summed E-state index contributed by atoms with van der Waals surface area (Å²) in [7, 11) is 0. The monoisotopic (exact) mass is 439 g/mol. The molecule has 0 saturated carbocycles. The molecule has 8 heteroatoms. The molecule has 1 heterocycles. The van der Waals surface area contributed by atoms with E-state index in [0.717, 1.165) is 29.0 Å². The molecule has 31 heavy (non-hydrogen) atoms. The molecular weight excluding hydrogens is 423 g/mol. The van der Waals surface area contributed by atoms with Crippen molar-refractivity contribution in [1.82, 2.24) is 4.98 Å². The lowest BCUT2D eigenvalue weighted by Crippen LogP contribution is -2.01. The third-order valence-corrected chi connectivity index (χ3v) is 5.04. The van der Waals surface area contributed by atoms with Gasteiger partial charge in [0.15, 0.2) is 17.4 Å². The van der Waals surface area contributed by atoms with Crippen LogP contribution in [0.3, 0.4) is 0 Å². The fraction of sp³-hybridized carbons (Fsp3) is 0.0435. The van der Waals surface area contributed by atoms with Gasteiger partial charge in [0.05, 0.1) is 11.9 Å².